The fourth-order valence-electron chi connectivity index (χ4n) is 1.58. The lowest BCUT2D eigenvalue weighted by Gasteiger charge is -2.08. The summed E-state index contributed by atoms with van der Waals surface area (Å²) in [6.07, 6.45) is 1.86. The maximum absolute atomic E-state index is 5.41. The van der Waals surface area contributed by atoms with Gasteiger partial charge in [-0.25, -0.2) is 15.8 Å². The van der Waals surface area contributed by atoms with Crippen molar-refractivity contribution in [2.24, 2.45) is 5.84 Å². The molecule has 0 aliphatic carbocycles. The summed E-state index contributed by atoms with van der Waals surface area (Å²) in [5, 5.41) is 7.46. The molecule has 2 rings (SSSR count). The second-order valence-corrected chi connectivity index (χ2v) is 4.71. The van der Waals surface area contributed by atoms with Gasteiger partial charge in [-0.1, -0.05) is 6.92 Å². The first-order valence-corrected chi connectivity index (χ1v) is 6.85. The average molecular weight is 263 g/mol. The highest BCUT2D eigenvalue weighted by Crippen LogP contribution is 2.13. The van der Waals surface area contributed by atoms with Crippen LogP contribution in [-0.4, -0.2) is 9.97 Å². The Bertz CT molecular complexity index is 483. The minimum Gasteiger partial charge on any atom is -0.366 e. The van der Waals surface area contributed by atoms with Gasteiger partial charge < -0.3 is 10.7 Å². The van der Waals surface area contributed by atoms with E-state index in [0.717, 1.165) is 31.0 Å². The Balaban J connectivity index is 2.08. The van der Waals surface area contributed by atoms with Gasteiger partial charge in [0.2, 0.25) is 0 Å². The first kappa shape index (κ1) is 12.8. The van der Waals surface area contributed by atoms with Crippen molar-refractivity contribution in [2.75, 3.05) is 10.7 Å². The quantitative estimate of drug-likeness (QED) is 0.551. The Morgan fingerprint density at radius 1 is 1.33 bits per heavy atom. The van der Waals surface area contributed by atoms with Crippen LogP contribution in [0.2, 0.25) is 0 Å². The lowest BCUT2D eigenvalue weighted by Crippen LogP contribution is -2.12. The van der Waals surface area contributed by atoms with Gasteiger partial charge in [-0.3, -0.25) is 0 Å². The molecule has 5 nitrogen and oxygen atoms in total. The summed E-state index contributed by atoms with van der Waals surface area (Å²) in [4.78, 5) is 8.76. The molecule has 0 spiro atoms. The largest absolute Gasteiger partial charge is 0.366 e. The summed E-state index contributed by atoms with van der Waals surface area (Å²) >= 11 is 1.69. The van der Waals surface area contributed by atoms with Crippen LogP contribution in [0.5, 0.6) is 0 Å². The van der Waals surface area contributed by atoms with Crippen molar-refractivity contribution in [3.05, 3.63) is 34.3 Å². The van der Waals surface area contributed by atoms with E-state index in [9.17, 15) is 0 Å². The summed E-state index contributed by atoms with van der Waals surface area (Å²) in [5.41, 5.74) is 3.82. The molecule has 0 aromatic carbocycles. The number of hydrogen-bond donors (Lipinski definition) is 3. The van der Waals surface area contributed by atoms with Crippen molar-refractivity contribution in [3.63, 3.8) is 0 Å². The summed E-state index contributed by atoms with van der Waals surface area (Å²) in [6.45, 7) is 2.86. The third kappa shape index (κ3) is 3.41. The maximum atomic E-state index is 5.41. The topological polar surface area (TPSA) is 75.9 Å². The molecule has 0 atom stereocenters. The first-order valence-electron chi connectivity index (χ1n) is 5.91. The smallest absolute Gasteiger partial charge is 0.145 e. The zero-order chi connectivity index (χ0) is 12.8. The van der Waals surface area contributed by atoms with Gasteiger partial charge in [0.05, 0.1) is 0 Å². The zero-order valence-corrected chi connectivity index (χ0v) is 11.1. The zero-order valence-electron chi connectivity index (χ0n) is 10.3. The van der Waals surface area contributed by atoms with E-state index in [1.54, 1.807) is 11.3 Å². The Kier molecular flexibility index (Phi) is 4.49. The molecule has 0 radical (unpaired) electrons. The Morgan fingerprint density at radius 3 is 2.83 bits per heavy atom. The molecule has 0 aliphatic heterocycles. The second-order valence-electron chi connectivity index (χ2n) is 3.93. The number of thiophene rings is 1. The summed E-state index contributed by atoms with van der Waals surface area (Å²) in [7, 11) is 0. The standard InChI is InChI=1S/C12H17N5S/c1-2-3-10-15-11(6-12(16-10)17-13)14-7-9-4-5-18-8-9/h4-6,8H,2-3,7,13H2,1H3,(H2,14,15,16,17). The number of hydrazine groups is 1. The third-order valence-corrected chi connectivity index (χ3v) is 3.18. The maximum Gasteiger partial charge on any atom is 0.145 e. The minimum absolute atomic E-state index is 0.640. The molecular weight excluding hydrogens is 246 g/mol. The van der Waals surface area contributed by atoms with Crippen LogP contribution < -0.4 is 16.6 Å². The molecule has 0 amide bonds. The SMILES string of the molecule is CCCc1nc(NN)cc(NCc2ccsc2)n1. The molecule has 4 N–H and O–H groups in total. The number of aryl methyl sites for hydroxylation is 1. The molecule has 2 heterocycles. The van der Waals surface area contributed by atoms with Gasteiger partial charge in [0, 0.05) is 19.0 Å². The van der Waals surface area contributed by atoms with Crippen LogP contribution in [0.15, 0.2) is 22.9 Å². The normalized spacial score (nSPS) is 10.3. The van der Waals surface area contributed by atoms with E-state index in [1.807, 2.05) is 6.07 Å². The van der Waals surface area contributed by atoms with Gasteiger partial charge in [0.15, 0.2) is 0 Å². The van der Waals surface area contributed by atoms with Crippen molar-refractivity contribution in [1.82, 2.24) is 9.97 Å². The number of hydrogen-bond acceptors (Lipinski definition) is 6. The van der Waals surface area contributed by atoms with E-state index >= 15 is 0 Å². The number of rotatable bonds is 6. The van der Waals surface area contributed by atoms with Gasteiger partial charge >= 0.3 is 0 Å². The van der Waals surface area contributed by atoms with Crippen molar-refractivity contribution >= 4 is 23.0 Å². The number of nitrogen functional groups attached to an aromatic ring is 1. The summed E-state index contributed by atoms with van der Waals surface area (Å²) in [5.74, 6) is 7.65. The van der Waals surface area contributed by atoms with Gasteiger partial charge in [-0.15, -0.1) is 0 Å². The first-order chi connectivity index (χ1) is 8.81. The molecule has 96 valence electrons. The van der Waals surface area contributed by atoms with Crippen LogP contribution in [0.3, 0.4) is 0 Å². The molecule has 2 aromatic heterocycles. The van der Waals surface area contributed by atoms with Crippen molar-refractivity contribution in [1.29, 1.82) is 0 Å². The average Bonchev–Trinajstić information content (AvgIpc) is 2.89. The van der Waals surface area contributed by atoms with Crippen LogP contribution in [0.4, 0.5) is 11.6 Å². The highest BCUT2D eigenvalue weighted by atomic mass is 32.1. The molecule has 0 fully saturated rings. The van der Waals surface area contributed by atoms with Crippen LogP contribution in [0, 0.1) is 0 Å². The molecule has 0 unspecified atom stereocenters. The highest BCUT2D eigenvalue weighted by molar-refractivity contribution is 7.07. The third-order valence-electron chi connectivity index (χ3n) is 2.45. The monoisotopic (exact) mass is 263 g/mol. The van der Waals surface area contributed by atoms with Crippen molar-refractivity contribution in [2.45, 2.75) is 26.3 Å². The van der Waals surface area contributed by atoms with Crippen LogP contribution in [-0.2, 0) is 13.0 Å². The van der Waals surface area contributed by atoms with Crippen LogP contribution >= 0.6 is 11.3 Å². The molecule has 0 saturated carbocycles. The van der Waals surface area contributed by atoms with Gasteiger partial charge in [-0.05, 0) is 28.8 Å². The van der Waals surface area contributed by atoms with E-state index < -0.39 is 0 Å². The van der Waals surface area contributed by atoms with Crippen molar-refractivity contribution in [3.8, 4) is 0 Å². The summed E-state index contributed by atoms with van der Waals surface area (Å²) in [6, 6.07) is 3.90. The van der Waals surface area contributed by atoms with Crippen molar-refractivity contribution < 1.29 is 0 Å². The number of aromatic nitrogens is 2. The van der Waals surface area contributed by atoms with E-state index in [4.69, 9.17) is 5.84 Å². The Labute approximate surface area is 110 Å². The highest BCUT2D eigenvalue weighted by Gasteiger charge is 2.03. The molecule has 6 heteroatoms. The second kappa shape index (κ2) is 6.32. The van der Waals surface area contributed by atoms with E-state index in [1.165, 1.54) is 5.56 Å². The fraction of sp³-hybridized carbons (Fsp3) is 0.333. The molecule has 0 bridgehead atoms. The Hall–Kier alpha value is -1.66. The van der Waals surface area contributed by atoms with Gasteiger partial charge in [0.25, 0.3) is 0 Å². The molecule has 18 heavy (non-hydrogen) atoms. The van der Waals surface area contributed by atoms with Gasteiger partial charge in [0.1, 0.15) is 17.5 Å². The number of nitrogens with two attached hydrogens (primary N) is 1. The lowest BCUT2D eigenvalue weighted by molar-refractivity contribution is 0.834. The number of anilines is 2. The van der Waals surface area contributed by atoms with E-state index in [0.29, 0.717) is 5.82 Å². The fourth-order valence-corrected chi connectivity index (χ4v) is 2.25. The number of nitrogens with zero attached hydrogens (tertiary/aromatic N) is 2. The Morgan fingerprint density at radius 2 is 2.17 bits per heavy atom. The number of nitrogens with one attached hydrogen (secondary N) is 2. The molecular formula is C12H17N5S. The summed E-state index contributed by atoms with van der Waals surface area (Å²) < 4.78 is 0. The van der Waals surface area contributed by atoms with Crippen LogP contribution in [0.1, 0.15) is 24.7 Å². The molecule has 2 aromatic rings. The predicted octanol–water partition coefficient (Wildman–Crippen LogP) is 2.39. The molecule has 0 saturated heterocycles. The minimum atomic E-state index is 0.640. The van der Waals surface area contributed by atoms with Crippen LogP contribution in [0.25, 0.3) is 0 Å². The van der Waals surface area contributed by atoms with Gasteiger partial charge in [-0.2, -0.15) is 11.3 Å². The molecule has 0 aliphatic rings. The lowest BCUT2D eigenvalue weighted by atomic mass is 10.3. The van der Waals surface area contributed by atoms with E-state index in [2.05, 4.69) is 44.5 Å². The predicted molar refractivity (Wildman–Crippen MR) is 75.5 cm³/mol. The van der Waals surface area contributed by atoms with E-state index in [-0.39, 0.29) is 0 Å².